The molecule has 0 aromatic heterocycles. The van der Waals surface area contributed by atoms with Crippen LogP contribution in [0.15, 0.2) is 12.7 Å². The predicted molar refractivity (Wildman–Crippen MR) is 108 cm³/mol. The minimum Gasteiger partial charge on any atom is -0.463 e. The fourth-order valence-electron chi connectivity index (χ4n) is 2.30. The molecular weight excluding hydrogens is 348 g/mol. The van der Waals surface area contributed by atoms with Crippen LogP contribution < -0.4 is 0 Å². The summed E-state index contributed by atoms with van der Waals surface area (Å²) in [5.74, 6) is -0.304. The zero-order valence-electron chi connectivity index (χ0n) is 17.2. The highest BCUT2D eigenvalue weighted by atomic mass is 16.5. The van der Waals surface area contributed by atoms with Crippen LogP contribution in [-0.2, 0) is 9.53 Å². The van der Waals surface area contributed by atoms with Gasteiger partial charge in [-0.2, -0.15) is 0 Å². The Balaban J connectivity index is 0. The summed E-state index contributed by atoms with van der Waals surface area (Å²) in [6.45, 7) is 4.54. The van der Waals surface area contributed by atoms with Gasteiger partial charge >= 0.3 is 5.97 Å². The van der Waals surface area contributed by atoms with Crippen molar-refractivity contribution in [2.75, 3.05) is 33.0 Å². The van der Waals surface area contributed by atoms with Crippen molar-refractivity contribution in [2.45, 2.75) is 77.6 Å². The Kier molecular flexibility index (Phi) is 22.3. The lowest BCUT2D eigenvalue weighted by Crippen LogP contribution is -2.37. The standard InChI is InChI=1S/C16H30O2.C5H12O4/c1-3-5-6-7-8-9-10-11-12-13-14-15-18-16(17)4-2;6-1-5(2-7,3-8)4-9/h4H,2-3,5-15H2,1H3;6-9H,1-4H2. The topological polar surface area (TPSA) is 107 Å². The normalized spacial score (nSPS) is 10.9. The largest absolute Gasteiger partial charge is 0.463 e. The van der Waals surface area contributed by atoms with E-state index >= 15 is 0 Å². The first-order chi connectivity index (χ1) is 13.1. The number of aliphatic hydroxyl groups excluding tert-OH is 4. The highest BCUT2D eigenvalue weighted by Crippen LogP contribution is 2.12. The van der Waals surface area contributed by atoms with Crippen LogP contribution in [0, 0.1) is 5.41 Å². The summed E-state index contributed by atoms with van der Waals surface area (Å²) < 4.78 is 4.92. The average Bonchev–Trinajstić information content (AvgIpc) is 2.71. The number of carbonyl (C=O) groups is 1. The maximum atomic E-state index is 10.8. The number of aliphatic hydroxyl groups is 4. The van der Waals surface area contributed by atoms with Crippen LogP contribution in [0.4, 0.5) is 0 Å². The summed E-state index contributed by atoms with van der Waals surface area (Å²) >= 11 is 0. The first-order valence-electron chi connectivity index (χ1n) is 10.3. The Morgan fingerprint density at radius 2 is 1.15 bits per heavy atom. The van der Waals surface area contributed by atoms with Gasteiger partial charge in [0.05, 0.1) is 38.4 Å². The second kappa shape index (κ2) is 21.4. The van der Waals surface area contributed by atoms with Gasteiger partial charge in [-0.05, 0) is 6.42 Å². The van der Waals surface area contributed by atoms with E-state index in [2.05, 4.69) is 13.5 Å². The second-order valence-electron chi connectivity index (χ2n) is 7.04. The number of esters is 1. The molecule has 0 unspecified atom stereocenters. The molecule has 162 valence electrons. The molecule has 0 atom stereocenters. The third-order valence-electron chi connectivity index (χ3n) is 4.50. The zero-order valence-corrected chi connectivity index (χ0v) is 17.2. The summed E-state index contributed by atoms with van der Waals surface area (Å²) in [4.78, 5) is 10.8. The van der Waals surface area contributed by atoms with Crippen LogP contribution in [0.1, 0.15) is 77.6 Å². The summed E-state index contributed by atoms with van der Waals surface area (Å²) in [6.07, 6.45) is 15.6. The maximum absolute atomic E-state index is 10.8. The average molecular weight is 391 g/mol. The van der Waals surface area contributed by atoms with Crippen LogP contribution in [0.3, 0.4) is 0 Å². The first-order valence-corrected chi connectivity index (χ1v) is 10.3. The van der Waals surface area contributed by atoms with E-state index in [9.17, 15) is 4.79 Å². The molecule has 0 saturated heterocycles. The third kappa shape index (κ3) is 18.2. The summed E-state index contributed by atoms with van der Waals surface area (Å²) in [5.41, 5.74) is -1.11. The van der Waals surface area contributed by atoms with Gasteiger partial charge in [-0.15, -0.1) is 0 Å². The molecular formula is C21H42O6. The lowest BCUT2D eigenvalue weighted by atomic mass is 9.93. The molecule has 0 amide bonds. The SMILES string of the molecule is C=CC(=O)OCCCCCCCCCCCCC.OCC(CO)(CO)CO. The smallest absolute Gasteiger partial charge is 0.330 e. The van der Waals surface area contributed by atoms with E-state index in [1.54, 1.807) is 0 Å². The van der Waals surface area contributed by atoms with Crippen molar-refractivity contribution in [3.8, 4) is 0 Å². The molecule has 6 heteroatoms. The van der Waals surface area contributed by atoms with Crippen molar-refractivity contribution in [1.29, 1.82) is 0 Å². The van der Waals surface area contributed by atoms with Crippen LogP contribution >= 0.6 is 0 Å². The molecule has 0 aromatic rings. The molecule has 0 spiro atoms. The van der Waals surface area contributed by atoms with E-state index < -0.39 is 31.8 Å². The van der Waals surface area contributed by atoms with Crippen LogP contribution in [0.5, 0.6) is 0 Å². The molecule has 4 N–H and O–H groups in total. The lowest BCUT2D eigenvalue weighted by molar-refractivity contribution is -0.137. The van der Waals surface area contributed by atoms with Crippen LogP contribution in [0.2, 0.25) is 0 Å². The highest BCUT2D eigenvalue weighted by molar-refractivity contribution is 5.81. The van der Waals surface area contributed by atoms with Gasteiger partial charge in [-0.3, -0.25) is 0 Å². The molecule has 0 aliphatic carbocycles. The van der Waals surface area contributed by atoms with E-state index in [1.807, 2.05) is 0 Å². The van der Waals surface area contributed by atoms with Crippen molar-refractivity contribution < 1.29 is 30.0 Å². The van der Waals surface area contributed by atoms with Gasteiger partial charge in [-0.1, -0.05) is 77.7 Å². The lowest BCUT2D eigenvalue weighted by Gasteiger charge is -2.23. The molecule has 0 rings (SSSR count). The molecule has 0 heterocycles. The third-order valence-corrected chi connectivity index (χ3v) is 4.50. The first kappa shape index (κ1) is 28.3. The molecule has 0 radical (unpaired) electrons. The fourth-order valence-corrected chi connectivity index (χ4v) is 2.30. The van der Waals surface area contributed by atoms with Crippen LogP contribution in [0.25, 0.3) is 0 Å². The Labute approximate surface area is 165 Å². The molecule has 0 aliphatic rings. The fraction of sp³-hybridized carbons (Fsp3) is 0.857. The number of hydrogen-bond donors (Lipinski definition) is 4. The minimum absolute atomic E-state index is 0.304. The number of unbranched alkanes of at least 4 members (excludes halogenated alkanes) is 10. The van der Waals surface area contributed by atoms with Crippen LogP contribution in [-0.4, -0.2) is 59.4 Å². The maximum Gasteiger partial charge on any atom is 0.330 e. The van der Waals surface area contributed by atoms with Gasteiger partial charge in [0.15, 0.2) is 0 Å². The number of rotatable bonds is 17. The van der Waals surface area contributed by atoms with Crippen molar-refractivity contribution in [2.24, 2.45) is 5.41 Å². The van der Waals surface area contributed by atoms with E-state index in [0.29, 0.717) is 6.61 Å². The Bertz CT molecular complexity index is 311. The van der Waals surface area contributed by atoms with Gasteiger partial charge in [0.1, 0.15) is 0 Å². The number of carbonyl (C=O) groups excluding carboxylic acids is 1. The molecule has 0 bridgehead atoms. The van der Waals surface area contributed by atoms with Crippen molar-refractivity contribution in [1.82, 2.24) is 0 Å². The Hall–Kier alpha value is -0.950. The highest BCUT2D eigenvalue weighted by Gasteiger charge is 2.26. The Morgan fingerprint density at radius 3 is 1.44 bits per heavy atom. The van der Waals surface area contributed by atoms with Gasteiger partial charge in [0.2, 0.25) is 0 Å². The Morgan fingerprint density at radius 1 is 0.778 bits per heavy atom. The van der Waals surface area contributed by atoms with Gasteiger partial charge in [0.25, 0.3) is 0 Å². The van der Waals surface area contributed by atoms with Crippen molar-refractivity contribution >= 4 is 5.97 Å². The van der Waals surface area contributed by atoms with Gasteiger partial charge in [-0.25, -0.2) is 4.79 Å². The summed E-state index contributed by atoms with van der Waals surface area (Å²) in [7, 11) is 0. The molecule has 0 fully saturated rings. The molecule has 27 heavy (non-hydrogen) atoms. The molecule has 6 nitrogen and oxygen atoms in total. The monoisotopic (exact) mass is 390 g/mol. The van der Waals surface area contributed by atoms with E-state index in [1.165, 1.54) is 70.3 Å². The van der Waals surface area contributed by atoms with E-state index in [0.717, 1.165) is 6.42 Å². The molecule has 0 saturated carbocycles. The molecule has 0 aromatic carbocycles. The van der Waals surface area contributed by atoms with Gasteiger partial charge in [0, 0.05) is 6.08 Å². The van der Waals surface area contributed by atoms with Crippen molar-refractivity contribution in [3.63, 3.8) is 0 Å². The predicted octanol–water partition coefficient (Wildman–Crippen LogP) is 2.97. The summed E-state index contributed by atoms with van der Waals surface area (Å²) in [6, 6.07) is 0. The molecule has 0 aliphatic heterocycles. The summed E-state index contributed by atoms with van der Waals surface area (Å²) in [5, 5.41) is 34.0. The van der Waals surface area contributed by atoms with Gasteiger partial charge < -0.3 is 25.2 Å². The van der Waals surface area contributed by atoms with Crippen molar-refractivity contribution in [3.05, 3.63) is 12.7 Å². The van der Waals surface area contributed by atoms with E-state index in [-0.39, 0.29) is 5.97 Å². The second-order valence-corrected chi connectivity index (χ2v) is 7.04. The quantitative estimate of drug-likeness (QED) is 0.173. The zero-order chi connectivity index (χ0) is 20.8. The minimum atomic E-state index is -1.11. The number of hydrogen-bond acceptors (Lipinski definition) is 6. The number of ether oxygens (including phenoxy) is 1. The van der Waals surface area contributed by atoms with E-state index in [4.69, 9.17) is 25.2 Å².